The third-order valence-electron chi connectivity index (χ3n) is 4.07. The fourth-order valence-electron chi connectivity index (χ4n) is 2.76. The lowest BCUT2D eigenvalue weighted by Crippen LogP contribution is -2.36. The van der Waals surface area contributed by atoms with E-state index < -0.39 is 5.41 Å². The number of fused-ring (bicyclic) bond motifs is 1. The van der Waals surface area contributed by atoms with E-state index in [1.54, 1.807) is 12.1 Å². The van der Waals surface area contributed by atoms with Crippen LogP contribution in [0.15, 0.2) is 18.2 Å². The van der Waals surface area contributed by atoms with Gasteiger partial charge >= 0.3 is 0 Å². The minimum Gasteiger partial charge on any atom is -0.497 e. The van der Waals surface area contributed by atoms with Crippen LogP contribution >= 0.6 is 0 Å². The average molecular weight is 274 g/mol. The van der Waals surface area contributed by atoms with Crippen LogP contribution in [0.3, 0.4) is 0 Å². The quantitative estimate of drug-likeness (QED) is 0.773. The number of ether oxygens (including phenoxy) is 1. The lowest BCUT2D eigenvalue weighted by atomic mass is 9.75. The summed E-state index contributed by atoms with van der Waals surface area (Å²) in [6, 6.07) is 5.29. The van der Waals surface area contributed by atoms with E-state index in [0.29, 0.717) is 17.7 Å². The standard InChI is InChI=1S/C16H18O4/c1-10(17)6-7-16(11(2)18)9-12-4-5-13(20-3)8-14(12)15(16)19/h4-5,8H,6-7,9H2,1-3H3. The first-order valence-electron chi connectivity index (χ1n) is 6.63. The third-order valence-corrected chi connectivity index (χ3v) is 4.07. The molecule has 1 unspecified atom stereocenters. The molecule has 106 valence electrons. The van der Waals surface area contributed by atoms with Gasteiger partial charge in [-0.25, -0.2) is 0 Å². The Balaban J connectivity index is 2.41. The van der Waals surface area contributed by atoms with E-state index in [1.165, 1.54) is 21.0 Å². The molecule has 0 saturated carbocycles. The Bertz CT molecular complexity index is 588. The molecule has 4 nitrogen and oxygen atoms in total. The number of carbonyl (C=O) groups is 3. The first-order chi connectivity index (χ1) is 9.40. The van der Waals surface area contributed by atoms with Crippen molar-refractivity contribution >= 4 is 17.3 Å². The predicted molar refractivity (Wildman–Crippen MR) is 74.1 cm³/mol. The van der Waals surface area contributed by atoms with E-state index in [2.05, 4.69) is 0 Å². The Labute approximate surface area is 118 Å². The van der Waals surface area contributed by atoms with Crippen LogP contribution in [0, 0.1) is 5.41 Å². The van der Waals surface area contributed by atoms with Gasteiger partial charge in [0.05, 0.1) is 12.5 Å². The molecule has 0 bridgehead atoms. The number of hydrogen-bond acceptors (Lipinski definition) is 4. The molecule has 0 aromatic heterocycles. The van der Waals surface area contributed by atoms with E-state index in [9.17, 15) is 14.4 Å². The largest absolute Gasteiger partial charge is 0.497 e. The number of carbonyl (C=O) groups excluding carboxylic acids is 3. The van der Waals surface area contributed by atoms with Crippen LogP contribution in [0.1, 0.15) is 42.6 Å². The van der Waals surface area contributed by atoms with Crippen molar-refractivity contribution < 1.29 is 19.1 Å². The average Bonchev–Trinajstić information content (AvgIpc) is 2.70. The second kappa shape index (κ2) is 5.19. The highest BCUT2D eigenvalue weighted by Crippen LogP contribution is 2.42. The maximum atomic E-state index is 12.7. The number of ketones is 3. The van der Waals surface area contributed by atoms with Crippen molar-refractivity contribution in [3.63, 3.8) is 0 Å². The fourth-order valence-corrected chi connectivity index (χ4v) is 2.76. The minimum atomic E-state index is -1.07. The third kappa shape index (κ3) is 2.26. The van der Waals surface area contributed by atoms with Gasteiger partial charge in [0.25, 0.3) is 0 Å². The van der Waals surface area contributed by atoms with Gasteiger partial charge in [0, 0.05) is 12.0 Å². The molecule has 1 aromatic rings. The molecule has 2 rings (SSSR count). The van der Waals surface area contributed by atoms with E-state index in [0.717, 1.165) is 5.56 Å². The SMILES string of the molecule is COc1ccc2c(c1)C(=O)C(CCC(C)=O)(C(C)=O)C2. The molecule has 1 aromatic carbocycles. The molecule has 0 heterocycles. The molecular weight excluding hydrogens is 256 g/mol. The molecule has 0 radical (unpaired) electrons. The second-order valence-corrected chi connectivity index (χ2v) is 5.37. The molecule has 1 atom stereocenters. The van der Waals surface area contributed by atoms with E-state index in [-0.39, 0.29) is 30.2 Å². The van der Waals surface area contributed by atoms with Crippen molar-refractivity contribution in [2.24, 2.45) is 5.41 Å². The molecule has 0 amide bonds. The van der Waals surface area contributed by atoms with Crippen LogP contribution in [0.4, 0.5) is 0 Å². The van der Waals surface area contributed by atoms with Crippen LogP contribution in [0.5, 0.6) is 5.75 Å². The normalized spacial score (nSPS) is 20.6. The summed E-state index contributed by atoms with van der Waals surface area (Å²) in [5, 5.41) is 0. The monoisotopic (exact) mass is 274 g/mol. The Kier molecular flexibility index (Phi) is 3.75. The Hall–Kier alpha value is -1.97. The van der Waals surface area contributed by atoms with Crippen molar-refractivity contribution in [3.05, 3.63) is 29.3 Å². The van der Waals surface area contributed by atoms with Gasteiger partial charge < -0.3 is 9.53 Å². The molecule has 0 fully saturated rings. The van der Waals surface area contributed by atoms with Crippen molar-refractivity contribution in [1.82, 2.24) is 0 Å². The zero-order valence-corrected chi connectivity index (χ0v) is 12.0. The summed E-state index contributed by atoms with van der Waals surface area (Å²) in [5.41, 5.74) is 0.332. The van der Waals surface area contributed by atoms with Crippen LogP contribution in [-0.2, 0) is 16.0 Å². The van der Waals surface area contributed by atoms with Crippen LogP contribution in [0.2, 0.25) is 0 Å². The molecule has 4 heteroatoms. The van der Waals surface area contributed by atoms with E-state index >= 15 is 0 Å². The summed E-state index contributed by atoms with van der Waals surface area (Å²) in [7, 11) is 1.54. The van der Waals surface area contributed by atoms with Crippen LogP contribution in [-0.4, -0.2) is 24.5 Å². The summed E-state index contributed by atoms with van der Waals surface area (Å²) in [6.45, 7) is 2.91. The van der Waals surface area contributed by atoms with Gasteiger partial charge in [0.15, 0.2) is 5.78 Å². The van der Waals surface area contributed by atoms with Gasteiger partial charge in [-0.3, -0.25) is 9.59 Å². The Morgan fingerprint density at radius 2 is 2.00 bits per heavy atom. The number of Topliss-reactive ketones (excluding diaryl/α,β-unsaturated/α-hetero) is 3. The number of rotatable bonds is 5. The van der Waals surface area contributed by atoms with Gasteiger partial charge in [-0.2, -0.15) is 0 Å². The van der Waals surface area contributed by atoms with Gasteiger partial charge in [-0.15, -0.1) is 0 Å². The fraction of sp³-hybridized carbons (Fsp3) is 0.438. The van der Waals surface area contributed by atoms with E-state index in [1.807, 2.05) is 6.07 Å². The maximum absolute atomic E-state index is 12.7. The van der Waals surface area contributed by atoms with Crippen LogP contribution < -0.4 is 4.74 Å². The van der Waals surface area contributed by atoms with Crippen LogP contribution in [0.25, 0.3) is 0 Å². The molecule has 0 N–H and O–H groups in total. The first-order valence-corrected chi connectivity index (χ1v) is 6.63. The molecule has 1 aliphatic rings. The molecule has 0 saturated heterocycles. The van der Waals surface area contributed by atoms with Gasteiger partial charge in [-0.1, -0.05) is 6.07 Å². The first kappa shape index (κ1) is 14.4. The highest BCUT2D eigenvalue weighted by molar-refractivity contribution is 6.17. The van der Waals surface area contributed by atoms with Crippen molar-refractivity contribution in [2.45, 2.75) is 33.1 Å². The van der Waals surface area contributed by atoms with Gasteiger partial charge in [0.1, 0.15) is 17.3 Å². The van der Waals surface area contributed by atoms with Crippen molar-refractivity contribution in [3.8, 4) is 5.75 Å². The zero-order valence-electron chi connectivity index (χ0n) is 12.0. The summed E-state index contributed by atoms with van der Waals surface area (Å²) in [4.78, 5) is 35.9. The molecule has 1 aliphatic carbocycles. The van der Waals surface area contributed by atoms with Gasteiger partial charge in [-0.05, 0) is 44.4 Å². The van der Waals surface area contributed by atoms with E-state index in [4.69, 9.17) is 4.74 Å². The summed E-state index contributed by atoms with van der Waals surface area (Å²) in [5.74, 6) is 0.244. The molecule has 0 spiro atoms. The zero-order chi connectivity index (χ0) is 14.9. The summed E-state index contributed by atoms with van der Waals surface area (Å²) >= 11 is 0. The smallest absolute Gasteiger partial charge is 0.177 e. The molecule has 0 aliphatic heterocycles. The molecule has 20 heavy (non-hydrogen) atoms. The predicted octanol–water partition coefficient (Wildman–Crippen LogP) is 2.38. The highest BCUT2D eigenvalue weighted by atomic mass is 16.5. The second-order valence-electron chi connectivity index (χ2n) is 5.37. The minimum absolute atomic E-state index is 0.00744. The Morgan fingerprint density at radius 1 is 1.30 bits per heavy atom. The van der Waals surface area contributed by atoms with Crippen molar-refractivity contribution in [2.75, 3.05) is 7.11 Å². The number of hydrogen-bond donors (Lipinski definition) is 0. The summed E-state index contributed by atoms with van der Waals surface area (Å²) < 4.78 is 5.12. The number of benzene rings is 1. The Morgan fingerprint density at radius 3 is 2.55 bits per heavy atom. The lowest BCUT2D eigenvalue weighted by molar-refractivity contribution is -0.124. The number of methoxy groups -OCH3 is 1. The van der Waals surface area contributed by atoms with Gasteiger partial charge in [0.2, 0.25) is 0 Å². The maximum Gasteiger partial charge on any atom is 0.177 e. The summed E-state index contributed by atoms with van der Waals surface area (Å²) in [6.07, 6.45) is 0.914. The highest BCUT2D eigenvalue weighted by Gasteiger charge is 2.48. The van der Waals surface area contributed by atoms with Crippen molar-refractivity contribution in [1.29, 1.82) is 0 Å². The lowest BCUT2D eigenvalue weighted by Gasteiger charge is -2.23. The topological polar surface area (TPSA) is 60.4 Å². The molecular formula is C16H18O4.